The highest BCUT2D eigenvalue weighted by molar-refractivity contribution is 5.96. The number of alkyl halides is 3. The molecular weight excluding hydrogens is 417 g/mol. The molecule has 1 unspecified atom stereocenters. The van der Waals surface area contributed by atoms with E-state index in [9.17, 15) is 27.9 Å². The number of methoxy groups -OCH3 is 1. The average Bonchev–Trinajstić information content (AvgIpc) is 3.08. The third-order valence-corrected chi connectivity index (χ3v) is 4.74. The summed E-state index contributed by atoms with van der Waals surface area (Å²) < 4.78 is 53.4. The van der Waals surface area contributed by atoms with E-state index in [-0.39, 0.29) is 17.6 Å². The fourth-order valence-electron chi connectivity index (χ4n) is 3.02. The summed E-state index contributed by atoms with van der Waals surface area (Å²) in [6.45, 7) is -1.05. The molecular formula is C22H19F3O6. The molecule has 1 atom stereocenters. The molecule has 0 radical (unpaired) electrons. The number of carbonyl (C=O) groups excluding carboxylic acids is 2. The van der Waals surface area contributed by atoms with Crippen LogP contribution in [-0.2, 0) is 20.4 Å². The monoisotopic (exact) mass is 436 g/mol. The Kier molecular flexibility index (Phi) is 6.35. The summed E-state index contributed by atoms with van der Waals surface area (Å²) in [6, 6.07) is 10.4. The second kappa shape index (κ2) is 8.81. The van der Waals surface area contributed by atoms with Crippen LogP contribution in [-0.4, -0.2) is 43.0 Å². The molecule has 1 fully saturated rings. The summed E-state index contributed by atoms with van der Waals surface area (Å²) in [5.74, 6) is -0.906. The molecule has 0 spiro atoms. The smallest absolute Gasteiger partial charge is 0.416 e. The fraction of sp³-hybridized carbons (Fsp3) is 0.273. The van der Waals surface area contributed by atoms with Gasteiger partial charge in [0.25, 0.3) is 0 Å². The molecule has 1 N–H and O–H groups in total. The van der Waals surface area contributed by atoms with Crippen LogP contribution >= 0.6 is 0 Å². The lowest BCUT2D eigenvalue weighted by molar-refractivity contribution is -0.154. The summed E-state index contributed by atoms with van der Waals surface area (Å²) in [5, 5.41) is 9.76. The Balaban J connectivity index is 1.67. The van der Waals surface area contributed by atoms with Crippen molar-refractivity contribution in [1.82, 2.24) is 0 Å². The largest absolute Gasteiger partial charge is 0.497 e. The number of hydrogen-bond donors (Lipinski definition) is 1. The van der Waals surface area contributed by atoms with Crippen molar-refractivity contribution in [1.29, 1.82) is 0 Å². The molecule has 0 aliphatic carbocycles. The second-order valence-electron chi connectivity index (χ2n) is 7.00. The van der Waals surface area contributed by atoms with Crippen molar-refractivity contribution in [3.8, 4) is 5.75 Å². The normalized spacial score (nSPS) is 19.9. The third kappa shape index (κ3) is 5.24. The van der Waals surface area contributed by atoms with E-state index < -0.39 is 42.5 Å². The highest BCUT2D eigenvalue weighted by Crippen LogP contribution is 2.33. The Hall–Kier alpha value is -3.33. The Morgan fingerprint density at radius 1 is 1.16 bits per heavy atom. The van der Waals surface area contributed by atoms with Crippen LogP contribution in [0.2, 0.25) is 0 Å². The van der Waals surface area contributed by atoms with Crippen molar-refractivity contribution >= 4 is 18.0 Å². The van der Waals surface area contributed by atoms with Crippen molar-refractivity contribution < 1.29 is 42.1 Å². The van der Waals surface area contributed by atoms with Crippen LogP contribution in [0.5, 0.6) is 5.75 Å². The van der Waals surface area contributed by atoms with E-state index in [1.54, 1.807) is 30.3 Å². The maximum atomic E-state index is 12.6. The van der Waals surface area contributed by atoms with Crippen LogP contribution in [0.25, 0.3) is 6.08 Å². The van der Waals surface area contributed by atoms with Crippen LogP contribution in [0.3, 0.4) is 0 Å². The number of esters is 2. The van der Waals surface area contributed by atoms with Gasteiger partial charge in [-0.2, -0.15) is 13.2 Å². The summed E-state index contributed by atoms with van der Waals surface area (Å²) in [5.41, 5.74) is -1.46. The molecule has 9 heteroatoms. The Bertz CT molecular complexity index is 980. The summed E-state index contributed by atoms with van der Waals surface area (Å²) >= 11 is 0. The van der Waals surface area contributed by atoms with Crippen LogP contribution in [0, 0.1) is 0 Å². The minimum absolute atomic E-state index is 0.00530. The molecule has 2 aromatic rings. The maximum Gasteiger partial charge on any atom is 0.416 e. The van der Waals surface area contributed by atoms with Crippen molar-refractivity contribution in [2.45, 2.75) is 18.2 Å². The molecule has 1 aliphatic heterocycles. The number of carbonyl (C=O) groups is 2. The first-order valence-corrected chi connectivity index (χ1v) is 9.19. The number of rotatable bonds is 6. The lowest BCUT2D eigenvalue weighted by atomic mass is 9.98. The zero-order valence-electron chi connectivity index (χ0n) is 16.4. The first kappa shape index (κ1) is 22.4. The molecule has 1 heterocycles. The Labute approximate surface area is 175 Å². The number of hydrogen-bond acceptors (Lipinski definition) is 6. The summed E-state index contributed by atoms with van der Waals surface area (Å²) in [6.07, 6.45) is -2.93. The molecule has 0 saturated carbocycles. The van der Waals surface area contributed by atoms with Crippen LogP contribution in [0.1, 0.15) is 27.9 Å². The van der Waals surface area contributed by atoms with Crippen LogP contribution < -0.4 is 4.74 Å². The number of ether oxygens (including phenoxy) is 3. The minimum atomic E-state index is -4.52. The first-order chi connectivity index (χ1) is 14.7. The van der Waals surface area contributed by atoms with Gasteiger partial charge >= 0.3 is 18.1 Å². The molecule has 1 saturated heterocycles. The van der Waals surface area contributed by atoms with Gasteiger partial charge < -0.3 is 19.3 Å². The minimum Gasteiger partial charge on any atom is -0.497 e. The van der Waals surface area contributed by atoms with Gasteiger partial charge in [-0.25, -0.2) is 9.59 Å². The lowest BCUT2D eigenvalue weighted by Gasteiger charge is -2.24. The maximum absolute atomic E-state index is 12.6. The van der Waals surface area contributed by atoms with Gasteiger partial charge in [-0.3, -0.25) is 0 Å². The fourth-order valence-corrected chi connectivity index (χ4v) is 3.02. The van der Waals surface area contributed by atoms with Gasteiger partial charge in [-0.1, -0.05) is 12.1 Å². The molecule has 0 aromatic heterocycles. The van der Waals surface area contributed by atoms with E-state index in [1.165, 1.54) is 7.11 Å². The number of benzene rings is 2. The van der Waals surface area contributed by atoms with E-state index in [4.69, 9.17) is 14.2 Å². The predicted octanol–water partition coefficient (Wildman–Crippen LogP) is 3.63. The van der Waals surface area contributed by atoms with Gasteiger partial charge in [-0.05, 0) is 48.0 Å². The first-order valence-electron chi connectivity index (χ1n) is 9.19. The van der Waals surface area contributed by atoms with Gasteiger partial charge in [-0.15, -0.1) is 0 Å². The van der Waals surface area contributed by atoms with Crippen LogP contribution in [0.4, 0.5) is 13.2 Å². The highest BCUT2D eigenvalue weighted by Gasteiger charge is 2.44. The molecule has 31 heavy (non-hydrogen) atoms. The topological polar surface area (TPSA) is 82.1 Å². The van der Waals surface area contributed by atoms with E-state index in [0.717, 1.165) is 24.3 Å². The van der Waals surface area contributed by atoms with E-state index >= 15 is 0 Å². The van der Waals surface area contributed by atoms with Gasteiger partial charge in [0.15, 0.2) is 5.60 Å². The highest BCUT2D eigenvalue weighted by atomic mass is 19.4. The third-order valence-electron chi connectivity index (χ3n) is 4.74. The van der Waals surface area contributed by atoms with E-state index in [0.29, 0.717) is 11.3 Å². The van der Waals surface area contributed by atoms with E-state index in [1.807, 2.05) is 0 Å². The van der Waals surface area contributed by atoms with Crippen molar-refractivity contribution in [3.05, 3.63) is 70.8 Å². The van der Waals surface area contributed by atoms with E-state index in [2.05, 4.69) is 0 Å². The Morgan fingerprint density at radius 3 is 2.35 bits per heavy atom. The number of halogens is 3. The number of aliphatic hydroxyl groups excluding tert-OH is 1. The summed E-state index contributed by atoms with van der Waals surface area (Å²) in [4.78, 5) is 24.4. The SMILES string of the molecule is COc1ccc(/C=C2\CC(CO)(COC(=O)c3ccc(C(F)(F)F)cc3)OC2=O)cc1. The molecule has 0 amide bonds. The quantitative estimate of drug-likeness (QED) is 0.550. The van der Waals surface area contributed by atoms with Gasteiger partial charge in [0.1, 0.15) is 12.4 Å². The van der Waals surface area contributed by atoms with Gasteiger partial charge in [0.05, 0.1) is 24.8 Å². The number of cyclic esters (lactones) is 1. The molecule has 2 aromatic carbocycles. The summed E-state index contributed by atoms with van der Waals surface area (Å²) in [7, 11) is 1.53. The molecule has 3 rings (SSSR count). The van der Waals surface area contributed by atoms with Gasteiger partial charge in [0, 0.05) is 12.0 Å². The predicted molar refractivity (Wildman–Crippen MR) is 103 cm³/mol. The molecule has 0 bridgehead atoms. The molecule has 164 valence electrons. The lowest BCUT2D eigenvalue weighted by Crippen LogP contribution is -2.39. The standard InChI is InChI=1S/C22H19F3O6/c1-29-18-8-2-14(3-9-18)10-16-11-21(12-26,31-20(16)28)13-30-19(27)15-4-6-17(7-5-15)22(23,24)25/h2-10,26H,11-13H2,1H3/b16-10+. The molecule has 1 aliphatic rings. The van der Waals surface area contributed by atoms with Crippen molar-refractivity contribution in [3.63, 3.8) is 0 Å². The second-order valence-corrected chi connectivity index (χ2v) is 7.00. The van der Waals surface area contributed by atoms with Crippen LogP contribution in [0.15, 0.2) is 54.1 Å². The van der Waals surface area contributed by atoms with Crippen molar-refractivity contribution in [2.75, 3.05) is 20.3 Å². The average molecular weight is 436 g/mol. The zero-order chi connectivity index (χ0) is 22.6. The molecule has 6 nitrogen and oxygen atoms in total. The van der Waals surface area contributed by atoms with Gasteiger partial charge in [0.2, 0.25) is 0 Å². The Morgan fingerprint density at radius 2 is 1.81 bits per heavy atom. The number of aliphatic hydroxyl groups is 1. The van der Waals surface area contributed by atoms with Crippen molar-refractivity contribution in [2.24, 2.45) is 0 Å². The zero-order valence-corrected chi connectivity index (χ0v) is 16.4.